The average molecular weight is 315 g/mol. The second kappa shape index (κ2) is 5.57. The van der Waals surface area contributed by atoms with Crippen LogP contribution in [0.1, 0.15) is 0 Å². The molecule has 0 saturated carbocycles. The van der Waals surface area contributed by atoms with Gasteiger partial charge in [0.1, 0.15) is 11.6 Å². The first-order chi connectivity index (χ1) is 9.85. The zero-order valence-electron chi connectivity index (χ0n) is 10.8. The van der Waals surface area contributed by atoms with Gasteiger partial charge >= 0.3 is 0 Å². The van der Waals surface area contributed by atoms with Gasteiger partial charge in [0.05, 0.1) is 12.8 Å². The molecule has 2 rings (SSSR count). The number of phenolic OH excluding ortho intramolecular Hbond substituents is 1. The Morgan fingerprint density at radius 1 is 1.14 bits per heavy atom. The first-order valence-electron chi connectivity index (χ1n) is 5.69. The van der Waals surface area contributed by atoms with Crippen molar-refractivity contribution in [3.8, 4) is 11.5 Å². The van der Waals surface area contributed by atoms with E-state index >= 15 is 0 Å². The highest BCUT2D eigenvalue weighted by Gasteiger charge is 2.24. The molecule has 0 bridgehead atoms. The van der Waals surface area contributed by atoms with Crippen LogP contribution in [0.4, 0.5) is 14.5 Å². The number of methoxy groups -OCH3 is 1. The molecule has 112 valence electrons. The molecule has 0 heterocycles. The van der Waals surface area contributed by atoms with Crippen LogP contribution in [0.25, 0.3) is 0 Å². The number of hydrogen-bond acceptors (Lipinski definition) is 4. The van der Waals surface area contributed by atoms with Crippen molar-refractivity contribution in [2.24, 2.45) is 0 Å². The summed E-state index contributed by atoms with van der Waals surface area (Å²) in [7, 11) is -3.14. The number of rotatable bonds is 4. The van der Waals surface area contributed by atoms with Crippen LogP contribution in [0.15, 0.2) is 41.3 Å². The van der Waals surface area contributed by atoms with Crippen molar-refractivity contribution in [3.05, 3.63) is 48.0 Å². The average Bonchev–Trinajstić information content (AvgIpc) is 2.37. The molecule has 0 aliphatic carbocycles. The van der Waals surface area contributed by atoms with E-state index in [4.69, 9.17) is 4.74 Å². The van der Waals surface area contributed by atoms with E-state index in [1.54, 1.807) is 0 Å². The summed E-state index contributed by atoms with van der Waals surface area (Å²) in [6, 6.07) is 6.39. The van der Waals surface area contributed by atoms with E-state index in [1.807, 2.05) is 4.72 Å². The van der Waals surface area contributed by atoms with Crippen LogP contribution in [-0.2, 0) is 10.0 Å². The Balaban J connectivity index is 2.40. The SMILES string of the molecule is COc1ccc(NS(=O)(=O)c2c(F)cccc2F)cc1O. The van der Waals surface area contributed by atoms with Crippen molar-refractivity contribution in [1.29, 1.82) is 0 Å². The van der Waals surface area contributed by atoms with E-state index in [0.717, 1.165) is 24.3 Å². The number of sulfonamides is 1. The molecular formula is C13H11F2NO4S. The Bertz CT molecular complexity index is 757. The Hall–Kier alpha value is -2.35. The molecule has 0 aromatic heterocycles. The Morgan fingerprint density at radius 2 is 1.76 bits per heavy atom. The van der Waals surface area contributed by atoms with Gasteiger partial charge in [0.25, 0.3) is 10.0 Å². The molecule has 0 amide bonds. The molecule has 0 unspecified atom stereocenters. The molecule has 21 heavy (non-hydrogen) atoms. The summed E-state index contributed by atoms with van der Waals surface area (Å²) in [5.74, 6) is -2.60. The van der Waals surface area contributed by atoms with Gasteiger partial charge in [-0.05, 0) is 24.3 Å². The first-order valence-corrected chi connectivity index (χ1v) is 7.17. The van der Waals surface area contributed by atoms with E-state index in [9.17, 15) is 22.3 Å². The maximum Gasteiger partial charge on any atom is 0.267 e. The van der Waals surface area contributed by atoms with Crippen LogP contribution in [0.2, 0.25) is 0 Å². The minimum absolute atomic E-state index is 0.0593. The highest BCUT2D eigenvalue weighted by molar-refractivity contribution is 7.92. The predicted molar refractivity (Wildman–Crippen MR) is 71.8 cm³/mol. The quantitative estimate of drug-likeness (QED) is 0.909. The van der Waals surface area contributed by atoms with Gasteiger partial charge in [0, 0.05) is 6.07 Å². The van der Waals surface area contributed by atoms with Crippen molar-refractivity contribution >= 4 is 15.7 Å². The third-order valence-corrected chi connectivity index (χ3v) is 4.05. The van der Waals surface area contributed by atoms with Crippen molar-refractivity contribution in [2.75, 3.05) is 11.8 Å². The smallest absolute Gasteiger partial charge is 0.267 e. The second-order valence-electron chi connectivity index (χ2n) is 4.04. The zero-order chi connectivity index (χ0) is 15.6. The van der Waals surface area contributed by atoms with Crippen molar-refractivity contribution in [3.63, 3.8) is 0 Å². The molecule has 2 aromatic rings. The van der Waals surface area contributed by atoms with Gasteiger partial charge < -0.3 is 9.84 Å². The fourth-order valence-electron chi connectivity index (χ4n) is 1.70. The highest BCUT2D eigenvalue weighted by Crippen LogP contribution is 2.30. The van der Waals surface area contributed by atoms with Gasteiger partial charge in [0.2, 0.25) is 0 Å². The molecule has 0 aliphatic rings. The Labute approximate surface area is 119 Å². The lowest BCUT2D eigenvalue weighted by Crippen LogP contribution is -2.16. The summed E-state index contributed by atoms with van der Waals surface area (Å²) in [4.78, 5) is -1.08. The van der Waals surface area contributed by atoms with Gasteiger partial charge in [-0.1, -0.05) is 6.07 Å². The fraction of sp³-hybridized carbons (Fsp3) is 0.0769. The van der Waals surface area contributed by atoms with Gasteiger partial charge in [0.15, 0.2) is 16.4 Å². The lowest BCUT2D eigenvalue weighted by atomic mass is 10.3. The van der Waals surface area contributed by atoms with E-state index in [-0.39, 0.29) is 17.2 Å². The van der Waals surface area contributed by atoms with Crippen molar-refractivity contribution in [2.45, 2.75) is 4.90 Å². The lowest BCUT2D eigenvalue weighted by Gasteiger charge is -2.11. The molecule has 8 heteroatoms. The van der Waals surface area contributed by atoms with Gasteiger partial charge in [-0.3, -0.25) is 4.72 Å². The topological polar surface area (TPSA) is 75.6 Å². The summed E-state index contributed by atoms with van der Waals surface area (Å²) < 4.78 is 57.8. The normalized spacial score (nSPS) is 11.2. The van der Waals surface area contributed by atoms with Crippen molar-refractivity contribution in [1.82, 2.24) is 0 Å². The van der Waals surface area contributed by atoms with E-state index < -0.39 is 26.6 Å². The first kappa shape index (κ1) is 15.0. The number of halogens is 2. The largest absolute Gasteiger partial charge is 0.504 e. The Morgan fingerprint density at radius 3 is 2.29 bits per heavy atom. The van der Waals surface area contributed by atoms with Gasteiger partial charge in [-0.25, -0.2) is 17.2 Å². The molecule has 5 nitrogen and oxygen atoms in total. The van der Waals surface area contributed by atoms with Crippen LogP contribution < -0.4 is 9.46 Å². The summed E-state index contributed by atoms with van der Waals surface area (Å²) in [5, 5.41) is 9.56. The van der Waals surface area contributed by atoms with Crippen LogP contribution in [0.3, 0.4) is 0 Å². The fourth-order valence-corrected chi connectivity index (χ4v) is 2.89. The van der Waals surface area contributed by atoms with Crippen molar-refractivity contribution < 1.29 is 27.0 Å². The number of ether oxygens (including phenoxy) is 1. The minimum atomic E-state index is -4.46. The third kappa shape index (κ3) is 3.05. The molecular weight excluding hydrogens is 304 g/mol. The molecule has 0 fully saturated rings. The van der Waals surface area contributed by atoms with Crippen LogP contribution in [0.5, 0.6) is 11.5 Å². The van der Waals surface area contributed by atoms with E-state index in [2.05, 4.69) is 0 Å². The summed E-state index contributed by atoms with van der Waals surface area (Å²) in [6.07, 6.45) is 0. The number of nitrogens with one attached hydrogen (secondary N) is 1. The third-order valence-electron chi connectivity index (χ3n) is 2.62. The summed E-state index contributed by atoms with van der Waals surface area (Å²) in [5.41, 5.74) is -0.0593. The summed E-state index contributed by atoms with van der Waals surface area (Å²) in [6.45, 7) is 0. The lowest BCUT2D eigenvalue weighted by molar-refractivity contribution is 0.373. The van der Waals surface area contributed by atoms with E-state index in [0.29, 0.717) is 0 Å². The maximum absolute atomic E-state index is 13.5. The monoisotopic (exact) mass is 315 g/mol. The zero-order valence-corrected chi connectivity index (χ0v) is 11.6. The molecule has 0 aliphatic heterocycles. The standard InChI is InChI=1S/C13H11F2NO4S/c1-20-12-6-5-8(7-11(12)17)16-21(18,19)13-9(14)3-2-4-10(13)15/h2-7,16-17H,1H3. The number of anilines is 1. The predicted octanol–water partition coefficient (Wildman–Crippen LogP) is 2.48. The van der Waals surface area contributed by atoms with Gasteiger partial charge in [-0.15, -0.1) is 0 Å². The molecule has 0 spiro atoms. The number of benzene rings is 2. The molecule has 0 atom stereocenters. The number of aromatic hydroxyl groups is 1. The molecule has 0 radical (unpaired) electrons. The molecule has 0 saturated heterocycles. The summed E-state index contributed by atoms with van der Waals surface area (Å²) >= 11 is 0. The second-order valence-corrected chi connectivity index (χ2v) is 5.66. The minimum Gasteiger partial charge on any atom is -0.504 e. The highest BCUT2D eigenvalue weighted by atomic mass is 32.2. The van der Waals surface area contributed by atoms with Crippen LogP contribution in [-0.4, -0.2) is 20.6 Å². The molecule has 2 aromatic carbocycles. The van der Waals surface area contributed by atoms with E-state index in [1.165, 1.54) is 19.2 Å². The number of phenols is 1. The van der Waals surface area contributed by atoms with Gasteiger partial charge in [-0.2, -0.15) is 0 Å². The Kier molecular flexibility index (Phi) is 3.99. The maximum atomic E-state index is 13.5. The van der Waals surface area contributed by atoms with Crippen LogP contribution in [0, 0.1) is 11.6 Å². The number of hydrogen-bond donors (Lipinski definition) is 2. The molecule has 2 N–H and O–H groups in total. The van der Waals surface area contributed by atoms with Crippen LogP contribution >= 0.6 is 0 Å².